The predicted molar refractivity (Wildman–Crippen MR) is 118 cm³/mol. The first-order chi connectivity index (χ1) is 14.4. The normalized spacial score (nSPS) is 21.7. The molecule has 2 aromatic rings. The maximum atomic E-state index is 13.1. The number of aliphatic hydroxyl groups excluding tert-OH is 1. The molecule has 2 aliphatic rings. The van der Waals surface area contributed by atoms with E-state index in [1.54, 1.807) is 17.0 Å². The smallest absolute Gasteiger partial charge is 0.295 e. The third kappa shape index (κ3) is 3.65. The molecule has 1 atom stereocenters. The van der Waals surface area contributed by atoms with Gasteiger partial charge < -0.3 is 14.7 Å². The molecule has 6 heteroatoms. The quantitative estimate of drug-likeness (QED) is 0.406. The summed E-state index contributed by atoms with van der Waals surface area (Å²) in [5.41, 5.74) is 1.58. The standard InChI is InChI=1S/C24H27NO4S/c1-14(2)29-18-11-10-16(13-15(18)3)22(26)20-21(19-9-6-12-30-19)25(24(28)23(20)27)17-7-4-5-8-17/h6,9-14,17,21,26H,4-5,7-8H2,1-3H3/b22-20-. The zero-order valence-electron chi connectivity index (χ0n) is 17.6. The number of amides is 1. The Kier molecular flexibility index (Phi) is 5.69. The van der Waals surface area contributed by atoms with Gasteiger partial charge in [0.25, 0.3) is 11.7 Å². The second-order valence-corrected chi connectivity index (χ2v) is 9.29. The van der Waals surface area contributed by atoms with Crippen molar-refractivity contribution in [3.63, 3.8) is 0 Å². The van der Waals surface area contributed by atoms with Crippen LogP contribution >= 0.6 is 11.3 Å². The molecule has 0 radical (unpaired) electrons. The number of likely N-dealkylation sites (tertiary alicyclic amines) is 1. The first kappa shape index (κ1) is 20.7. The highest BCUT2D eigenvalue weighted by Gasteiger charge is 2.49. The van der Waals surface area contributed by atoms with Crippen LogP contribution in [0.15, 0.2) is 41.3 Å². The van der Waals surface area contributed by atoms with E-state index in [4.69, 9.17) is 4.74 Å². The minimum atomic E-state index is -0.599. The molecule has 1 aromatic heterocycles. The Labute approximate surface area is 181 Å². The molecule has 158 valence electrons. The number of hydrogen-bond donors (Lipinski definition) is 1. The Hall–Kier alpha value is -2.60. The molecule has 2 heterocycles. The first-order valence-corrected chi connectivity index (χ1v) is 11.4. The van der Waals surface area contributed by atoms with Gasteiger partial charge in [-0.15, -0.1) is 11.3 Å². The average Bonchev–Trinajstić information content (AvgIpc) is 3.45. The Bertz CT molecular complexity index is 987. The molecule has 1 amide bonds. The summed E-state index contributed by atoms with van der Waals surface area (Å²) in [7, 11) is 0. The van der Waals surface area contributed by atoms with Crippen molar-refractivity contribution in [3.05, 3.63) is 57.3 Å². The number of nitrogens with zero attached hydrogens (tertiary/aromatic N) is 1. The molecule has 1 aliphatic carbocycles. The van der Waals surface area contributed by atoms with Crippen LogP contribution in [0.4, 0.5) is 0 Å². The molecule has 1 unspecified atom stereocenters. The number of aryl methyl sites for hydroxylation is 1. The molecule has 1 saturated heterocycles. The second kappa shape index (κ2) is 8.26. The summed E-state index contributed by atoms with van der Waals surface area (Å²) in [5.74, 6) is -0.481. The monoisotopic (exact) mass is 425 g/mol. The number of benzene rings is 1. The molecular weight excluding hydrogens is 398 g/mol. The van der Waals surface area contributed by atoms with Gasteiger partial charge in [0.2, 0.25) is 0 Å². The maximum Gasteiger partial charge on any atom is 0.295 e. The van der Waals surface area contributed by atoms with Crippen molar-refractivity contribution < 1.29 is 19.4 Å². The lowest BCUT2D eigenvalue weighted by Gasteiger charge is -2.29. The number of carbonyl (C=O) groups is 2. The van der Waals surface area contributed by atoms with Crippen molar-refractivity contribution in [2.24, 2.45) is 0 Å². The fourth-order valence-electron chi connectivity index (χ4n) is 4.47. The number of rotatable bonds is 5. The Morgan fingerprint density at radius 3 is 2.53 bits per heavy atom. The summed E-state index contributed by atoms with van der Waals surface area (Å²) >= 11 is 1.50. The topological polar surface area (TPSA) is 66.8 Å². The van der Waals surface area contributed by atoms with Gasteiger partial charge in [-0.05, 0) is 68.8 Å². The zero-order valence-corrected chi connectivity index (χ0v) is 18.4. The van der Waals surface area contributed by atoms with E-state index in [0.29, 0.717) is 5.56 Å². The minimum absolute atomic E-state index is 0.0405. The van der Waals surface area contributed by atoms with Crippen molar-refractivity contribution in [3.8, 4) is 5.75 Å². The third-order valence-corrected chi connectivity index (χ3v) is 6.75. The van der Waals surface area contributed by atoms with E-state index in [0.717, 1.165) is 41.9 Å². The lowest BCUT2D eigenvalue weighted by atomic mass is 9.98. The van der Waals surface area contributed by atoms with Crippen LogP contribution in [0.5, 0.6) is 5.75 Å². The number of Topliss-reactive ketones (excluding diaryl/α,β-unsaturated/α-hetero) is 1. The SMILES string of the molecule is Cc1cc(/C(O)=C2/C(=O)C(=O)N(C3CCCC3)C2c2cccs2)ccc1OC(C)C. The van der Waals surface area contributed by atoms with Gasteiger partial charge in [-0.3, -0.25) is 9.59 Å². The fourth-order valence-corrected chi connectivity index (χ4v) is 5.31. The molecule has 5 nitrogen and oxygen atoms in total. The molecular formula is C24H27NO4S. The lowest BCUT2D eigenvalue weighted by Crippen LogP contribution is -2.37. The average molecular weight is 426 g/mol. The molecule has 2 fully saturated rings. The molecule has 30 heavy (non-hydrogen) atoms. The van der Waals surface area contributed by atoms with Crippen molar-refractivity contribution in [2.75, 3.05) is 0 Å². The highest BCUT2D eigenvalue weighted by Crippen LogP contribution is 2.44. The van der Waals surface area contributed by atoms with Gasteiger partial charge >= 0.3 is 0 Å². The van der Waals surface area contributed by atoms with E-state index < -0.39 is 17.7 Å². The largest absolute Gasteiger partial charge is 0.507 e. The molecule has 0 bridgehead atoms. The Morgan fingerprint density at radius 2 is 1.93 bits per heavy atom. The van der Waals surface area contributed by atoms with Crippen molar-refractivity contribution in [1.82, 2.24) is 4.90 Å². The number of carbonyl (C=O) groups excluding carboxylic acids is 2. The van der Waals surface area contributed by atoms with Crippen molar-refractivity contribution >= 4 is 28.8 Å². The van der Waals surface area contributed by atoms with E-state index >= 15 is 0 Å². The molecule has 1 N–H and O–H groups in total. The molecule has 0 spiro atoms. The van der Waals surface area contributed by atoms with Gasteiger partial charge in [0.05, 0.1) is 17.7 Å². The zero-order chi connectivity index (χ0) is 21.4. The predicted octanol–water partition coefficient (Wildman–Crippen LogP) is 5.21. The van der Waals surface area contributed by atoms with E-state index in [1.807, 2.05) is 44.4 Å². The van der Waals surface area contributed by atoms with Crippen molar-refractivity contribution in [2.45, 2.75) is 64.6 Å². The molecule has 4 rings (SSSR count). The van der Waals surface area contributed by atoms with Gasteiger partial charge in [0.15, 0.2) is 0 Å². The minimum Gasteiger partial charge on any atom is -0.507 e. The maximum absolute atomic E-state index is 13.1. The summed E-state index contributed by atoms with van der Waals surface area (Å²) in [6, 6.07) is 8.72. The Balaban J connectivity index is 1.80. The van der Waals surface area contributed by atoms with Crippen molar-refractivity contribution in [1.29, 1.82) is 0 Å². The van der Waals surface area contributed by atoms with Crippen LogP contribution in [-0.2, 0) is 9.59 Å². The second-order valence-electron chi connectivity index (χ2n) is 8.31. The van der Waals surface area contributed by atoms with E-state index in [1.165, 1.54) is 11.3 Å². The molecule has 1 saturated carbocycles. The third-order valence-electron chi connectivity index (χ3n) is 5.82. The molecule has 1 aliphatic heterocycles. The lowest BCUT2D eigenvalue weighted by molar-refractivity contribution is -0.141. The van der Waals surface area contributed by atoms with Crippen LogP contribution in [0, 0.1) is 6.92 Å². The first-order valence-electron chi connectivity index (χ1n) is 10.5. The van der Waals surface area contributed by atoms with E-state index in [9.17, 15) is 14.7 Å². The van der Waals surface area contributed by atoms with Crippen LogP contribution < -0.4 is 4.74 Å². The van der Waals surface area contributed by atoms with Gasteiger partial charge in [-0.25, -0.2) is 0 Å². The number of thiophene rings is 1. The number of ether oxygens (including phenoxy) is 1. The van der Waals surface area contributed by atoms with Gasteiger partial charge in [0, 0.05) is 16.5 Å². The van der Waals surface area contributed by atoms with Crippen LogP contribution in [0.25, 0.3) is 5.76 Å². The van der Waals surface area contributed by atoms with Gasteiger partial charge in [-0.1, -0.05) is 18.9 Å². The van der Waals surface area contributed by atoms with Crippen LogP contribution in [0.2, 0.25) is 0 Å². The summed E-state index contributed by atoms with van der Waals surface area (Å²) in [6.45, 7) is 5.82. The summed E-state index contributed by atoms with van der Waals surface area (Å²) in [4.78, 5) is 28.7. The fraction of sp³-hybridized carbons (Fsp3) is 0.417. The van der Waals surface area contributed by atoms with Gasteiger partial charge in [0.1, 0.15) is 11.5 Å². The summed E-state index contributed by atoms with van der Waals surface area (Å²) < 4.78 is 5.78. The number of hydrogen-bond acceptors (Lipinski definition) is 5. The van der Waals surface area contributed by atoms with Gasteiger partial charge in [-0.2, -0.15) is 0 Å². The number of ketones is 1. The van der Waals surface area contributed by atoms with Crippen LogP contribution in [0.3, 0.4) is 0 Å². The van der Waals surface area contributed by atoms with Crippen LogP contribution in [0.1, 0.15) is 61.6 Å². The Morgan fingerprint density at radius 1 is 1.20 bits per heavy atom. The number of aliphatic hydroxyl groups is 1. The highest BCUT2D eigenvalue weighted by atomic mass is 32.1. The summed E-state index contributed by atoms with van der Waals surface area (Å²) in [5, 5.41) is 13.1. The highest BCUT2D eigenvalue weighted by molar-refractivity contribution is 7.10. The van der Waals surface area contributed by atoms with E-state index in [-0.39, 0.29) is 23.5 Å². The molecule has 1 aromatic carbocycles. The van der Waals surface area contributed by atoms with Crippen LogP contribution in [-0.4, -0.2) is 33.8 Å². The van der Waals surface area contributed by atoms with E-state index in [2.05, 4.69) is 0 Å². The summed E-state index contributed by atoms with van der Waals surface area (Å²) in [6.07, 6.45) is 3.95.